The lowest BCUT2D eigenvalue weighted by Gasteiger charge is -2.46. The number of piperazine rings is 1. The standard InChI is InChI=1S/C21H20ClF3N6O3/c1-4-19(33)30-8-16(31(11(2)32)17(9-30)21(23,24)25)12-5-14(29-18(22)6-12)13-7-15(20(34)26-3)28-10-27-13/h4-7,10,16-17H,1,8-9H2,2-3H3,(H,26,34)/t16-,17-/m0/s1. The number of aromatic nitrogens is 3. The number of pyridine rings is 1. The lowest BCUT2D eigenvalue weighted by Crippen LogP contribution is -2.62. The zero-order chi connectivity index (χ0) is 25.2. The molecule has 34 heavy (non-hydrogen) atoms. The molecule has 2 atom stereocenters. The highest BCUT2D eigenvalue weighted by molar-refractivity contribution is 6.29. The first-order valence-electron chi connectivity index (χ1n) is 9.95. The van der Waals surface area contributed by atoms with Gasteiger partial charge in [-0.15, -0.1) is 0 Å². The van der Waals surface area contributed by atoms with E-state index in [1.807, 2.05) is 0 Å². The highest BCUT2D eigenvalue weighted by atomic mass is 35.5. The van der Waals surface area contributed by atoms with E-state index in [4.69, 9.17) is 11.6 Å². The van der Waals surface area contributed by atoms with Crippen LogP contribution >= 0.6 is 11.6 Å². The van der Waals surface area contributed by atoms with Gasteiger partial charge in [-0.3, -0.25) is 14.4 Å². The lowest BCUT2D eigenvalue weighted by molar-refractivity contribution is -0.208. The van der Waals surface area contributed by atoms with Crippen LogP contribution in [0.5, 0.6) is 0 Å². The normalized spacial score (nSPS) is 18.4. The summed E-state index contributed by atoms with van der Waals surface area (Å²) < 4.78 is 41.7. The van der Waals surface area contributed by atoms with E-state index in [2.05, 4.69) is 26.8 Å². The summed E-state index contributed by atoms with van der Waals surface area (Å²) in [6, 6.07) is 0.666. The number of halogens is 4. The van der Waals surface area contributed by atoms with Crippen molar-refractivity contribution in [3.63, 3.8) is 0 Å². The molecular formula is C21H20ClF3N6O3. The average molecular weight is 497 g/mol. The van der Waals surface area contributed by atoms with Crippen molar-refractivity contribution in [1.82, 2.24) is 30.1 Å². The Morgan fingerprint density at radius 3 is 2.47 bits per heavy atom. The van der Waals surface area contributed by atoms with Crippen molar-refractivity contribution in [2.45, 2.75) is 25.2 Å². The van der Waals surface area contributed by atoms with Crippen molar-refractivity contribution in [3.05, 3.63) is 53.6 Å². The highest BCUT2D eigenvalue weighted by Gasteiger charge is 2.51. The number of hydrogen-bond donors (Lipinski definition) is 1. The Morgan fingerprint density at radius 2 is 1.88 bits per heavy atom. The third-order valence-corrected chi connectivity index (χ3v) is 5.47. The van der Waals surface area contributed by atoms with E-state index < -0.39 is 42.5 Å². The molecule has 1 N–H and O–H groups in total. The van der Waals surface area contributed by atoms with Crippen LogP contribution in [0.25, 0.3) is 11.4 Å². The molecule has 0 aromatic carbocycles. The number of alkyl halides is 3. The maximum absolute atomic E-state index is 13.9. The van der Waals surface area contributed by atoms with Crippen LogP contribution in [0.4, 0.5) is 13.2 Å². The predicted molar refractivity (Wildman–Crippen MR) is 116 cm³/mol. The number of rotatable bonds is 4. The second-order valence-electron chi connectivity index (χ2n) is 7.42. The van der Waals surface area contributed by atoms with Crippen molar-refractivity contribution < 1.29 is 27.6 Å². The first kappa shape index (κ1) is 25.1. The summed E-state index contributed by atoms with van der Waals surface area (Å²) in [5.74, 6) is -2.00. The highest BCUT2D eigenvalue weighted by Crippen LogP contribution is 2.38. The van der Waals surface area contributed by atoms with Crippen molar-refractivity contribution in [2.24, 2.45) is 0 Å². The summed E-state index contributed by atoms with van der Waals surface area (Å²) in [6.45, 7) is 3.43. The SMILES string of the molecule is C=CC(=O)N1C[C@@H](C(F)(F)F)N(C(C)=O)[C@H](c2cc(Cl)nc(-c3cc(C(=O)NC)ncn3)c2)C1. The Kier molecular flexibility index (Phi) is 7.20. The van der Waals surface area contributed by atoms with Crippen molar-refractivity contribution >= 4 is 29.3 Å². The fraction of sp³-hybridized carbons (Fsp3) is 0.333. The second kappa shape index (κ2) is 9.75. The molecule has 3 rings (SSSR count). The lowest BCUT2D eigenvalue weighted by atomic mass is 9.97. The van der Waals surface area contributed by atoms with E-state index in [-0.39, 0.29) is 34.3 Å². The molecule has 13 heteroatoms. The van der Waals surface area contributed by atoms with Gasteiger partial charge in [0.1, 0.15) is 23.2 Å². The van der Waals surface area contributed by atoms with E-state index in [0.29, 0.717) is 4.90 Å². The molecule has 2 aromatic rings. The van der Waals surface area contributed by atoms with Gasteiger partial charge < -0.3 is 15.1 Å². The zero-order valence-electron chi connectivity index (χ0n) is 18.1. The van der Waals surface area contributed by atoms with Crippen LogP contribution < -0.4 is 5.32 Å². The van der Waals surface area contributed by atoms with Crippen LogP contribution in [0.3, 0.4) is 0 Å². The molecule has 0 spiro atoms. The molecule has 2 aromatic heterocycles. The Morgan fingerprint density at radius 1 is 1.18 bits per heavy atom. The molecule has 0 bridgehead atoms. The van der Waals surface area contributed by atoms with Gasteiger partial charge in [-0.2, -0.15) is 13.2 Å². The van der Waals surface area contributed by atoms with E-state index >= 15 is 0 Å². The van der Waals surface area contributed by atoms with E-state index in [0.717, 1.165) is 24.2 Å². The smallest absolute Gasteiger partial charge is 0.354 e. The molecule has 1 aliphatic rings. The van der Waals surface area contributed by atoms with Gasteiger partial charge in [0.25, 0.3) is 5.91 Å². The van der Waals surface area contributed by atoms with Crippen LogP contribution in [0, 0.1) is 0 Å². The zero-order valence-corrected chi connectivity index (χ0v) is 18.9. The van der Waals surface area contributed by atoms with Gasteiger partial charge >= 0.3 is 6.18 Å². The molecular weight excluding hydrogens is 477 g/mol. The minimum absolute atomic E-state index is 0.0405. The molecule has 180 valence electrons. The monoisotopic (exact) mass is 496 g/mol. The molecule has 3 amide bonds. The van der Waals surface area contributed by atoms with Crippen molar-refractivity contribution in [2.75, 3.05) is 20.1 Å². The predicted octanol–water partition coefficient (Wildman–Crippen LogP) is 2.40. The summed E-state index contributed by atoms with van der Waals surface area (Å²) in [5.41, 5.74) is 0.586. The van der Waals surface area contributed by atoms with Crippen molar-refractivity contribution in [1.29, 1.82) is 0 Å². The minimum atomic E-state index is -4.79. The molecule has 0 saturated carbocycles. The van der Waals surface area contributed by atoms with Gasteiger partial charge in [-0.1, -0.05) is 18.2 Å². The van der Waals surface area contributed by atoms with Gasteiger partial charge in [0.05, 0.1) is 24.0 Å². The maximum atomic E-state index is 13.9. The number of nitrogens with one attached hydrogen (secondary N) is 1. The summed E-state index contributed by atoms with van der Waals surface area (Å²) >= 11 is 6.17. The van der Waals surface area contributed by atoms with Gasteiger partial charge in [0.2, 0.25) is 11.8 Å². The Labute approximate surface area is 197 Å². The topological polar surface area (TPSA) is 108 Å². The minimum Gasteiger partial charge on any atom is -0.354 e. The molecule has 1 fully saturated rings. The number of amides is 3. The van der Waals surface area contributed by atoms with Gasteiger partial charge in [0.15, 0.2) is 0 Å². The molecule has 9 nitrogen and oxygen atoms in total. The maximum Gasteiger partial charge on any atom is 0.410 e. The fourth-order valence-electron chi connectivity index (χ4n) is 3.75. The molecule has 0 radical (unpaired) electrons. The largest absolute Gasteiger partial charge is 0.410 e. The summed E-state index contributed by atoms with van der Waals surface area (Å²) in [4.78, 5) is 50.3. The fourth-order valence-corrected chi connectivity index (χ4v) is 3.97. The van der Waals surface area contributed by atoms with E-state index in [1.54, 1.807) is 0 Å². The summed E-state index contributed by atoms with van der Waals surface area (Å²) in [5, 5.41) is 2.34. The average Bonchev–Trinajstić information content (AvgIpc) is 2.81. The molecule has 3 heterocycles. The van der Waals surface area contributed by atoms with E-state index in [9.17, 15) is 27.6 Å². The van der Waals surface area contributed by atoms with Crippen molar-refractivity contribution in [3.8, 4) is 11.4 Å². The molecule has 1 aliphatic heterocycles. The summed E-state index contributed by atoms with van der Waals surface area (Å²) in [7, 11) is 1.42. The van der Waals surface area contributed by atoms with E-state index in [1.165, 1.54) is 25.2 Å². The first-order chi connectivity index (χ1) is 16.0. The van der Waals surface area contributed by atoms with Crippen LogP contribution in [0.15, 0.2) is 37.2 Å². The number of carbonyl (C=O) groups excluding carboxylic acids is 3. The molecule has 1 saturated heterocycles. The van der Waals surface area contributed by atoms with Gasteiger partial charge in [-0.25, -0.2) is 15.0 Å². The second-order valence-corrected chi connectivity index (χ2v) is 7.81. The van der Waals surface area contributed by atoms with Crippen LogP contribution in [0.1, 0.15) is 29.0 Å². The number of hydrogen-bond acceptors (Lipinski definition) is 6. The van der Waals surface area contributed by atoms with Crippen LogP contribution in [-0.4, -0.2) is 74.8 Å². The Bertz CT molecular complexity index is 1140. The number of nitrogens with zero attached hydrogens (tertiary/aromatic N) is 5. The third kappa shape index (κ3) is 5.16. The van der Waals surface area contributed by atoms with Gasteiger partial charge in [-0.05, 0) is 29.8 Å². The van der Waals surface area contributed by atoms with Gasteiger partial charge in [0, 0.05) is 20.5 Å². The Hall–Kier alpha value is -3.54. The number of carbonyl (C=O) groups is 3. The van der Waals surface area contributed by atoms with Crippen LogP contribution in [-0.2, 0) is 9.59 Å². The molecule has 0 aliphatic carbocycles. The Balaban J connectivity index is 2.13. The summed E-state index contributed by atoms with van der Waals surface area (Å²) in [6.07, 6.45) is -2.74. The third-order valence-electron chi connectivity index (χ3n) is 5.28. The van der Waals surface area contributed by atoms with Crippen LogP contribution in [0.2, 0.25) is 5.15 Å². The quantitative estimate of drug-likeness (QED) is 0.514. The molecule has 0 unspecified atom stereocenters. The first-order valence-corrected chi connectivity index (χ1v) is 10.3.